The molecule has 0 radical (unpaired) electrons. The topological polar surface area (TPSA) is 88.2 Å². The monoisotopic (exact) mass is 361 g/mol. The summed E-state index contributed by atoms with van der Waals surface area (Å²) in [5.41, 5.74) is 0.847. The molecule has 1 saturated heterocycles. The van der Waals surface area contributed by atoms with Crippen molar-refractivity contribution < 1.29 is 23.9 Å². The lowest BCUT2D eigenvalue weighted by Gasteiger charge is -2.37. The van der Waals surface area contributed by atoms with Gasteiger partial charge in [-0.2, -0.15) is 0 Å². The Morgan fingerprint density at radius 2 is 2.04 bits per heavy atom. The summed E-state index contributed by atoms with van der Waals surface area (Å²) in [4.78, 5) is 39.5. The Kier molecular flexibility index (Phi) is 5.29. The molecule has 1 fully saturated rings. The van der Waals surface area contributed by atoms with Crippen molar-refractivity contribution in [3.63, 3.8) is 0 Å². The Morgan fingerprint density at radius 3 is 2.81 bits per heavy atom. The number of hydrogen-bond donors (Lipinski definition) is 1. The average molecular weight is 361 g/mol. The van der Waals surface area contributed by atoms with Crippen LogP contribution in [0, 0.1) is 0 Å². The fourth-order valence-corrected chi connectivity index (χ4v) is 2.94. The summed E-state index contributed by atoms with van der Waals surface area (Å²) < 4.78 is 10.5. The summed E-state index contributed by atoms with van der Waals surface area (Å²) in [5, 5.41) is 2.74. The zero-order valence-electron chi connectivity index (χ0n) is 15.0. The third-order valence-corrected chi connectivity index (χ3v) is 4.70. The van der Waals surface area contributed by atoms with Crippen LogP contribution in [0.3, 0.4) is 0 Å². The molecule has 0 aliphatic carbocycles. The molecule has 2 aliphatic rings. The molecule has 1 atom stereocenters. The standard InChI is InChI=1S/C18H23N3O5/c1-3-12(2)20-7-6-17(23)21(18(20)24)10-16(22)19-9-13-4-5-14-15(8-13)26-11-25-14/h4-5,8,12H,3,6-7,9-11H2,1-2H3,(H,19,22)/t12-/m0/s1. The van der Waals surface area contributed by atoms with E-state index in [9.17, 15) is 14.4 Å². The van der Waals surface area contributed by atoms with Crippen molar-refractivity contribution in [2.24, 2.45) is 0 Å². The summed E-state index contributed by atoms with van der Waals surface area (Å²) in [7, 11) is 0. The van der Waals surface area contributed by atoms with E-state index in [-0.39, 0.29) is 44.2 Å². The number of urea groups is 1. The van der Waals surface area contributed by atoms with Crippen LogP contribution in [0.4, 0.5) is 4.79 Å². The quantitative estimate of drug-likeness (QED) is 0.829. The van der Waals surface area contributed by atoms with E-state index in [1.54, 1.807) is 17.0 Å². The van der Waals surface area contributed by atoms with E-state index >= 15 is 0 Å². The summed E-state index contributed by atoms with van der Waals surface area (Å²) in [6, 6.07) is 5.05. The highest BCUT2D eigenvalue weighted by Crippen LogP contribution is 2.32. The second-order valence-corrected chi connectivity index (χ2v) is 6.43. The number of hydrogen-bond acceptors (Lipinski definition) is 5. The first-order valence-electron chi connectivity index (χ1n) is 8.75. The average Bonchev–Trinajstić information content (AvgIpc) is 3.10. The molecule has 1 aromatic carbocycles. The minimum atomic E-state index is -0.395. The number of rotatable bonds is 6. The van der Waals surface area contributed by atoms with Crippen LogP contribution in [-0.2, 0) is 16.1 Å². The predicted molar refractivity (Wildman–Crippen MR) is 92.6 cm³/mol. The van der Waals surface area contributed by atoms with E-state index in [0.29, 0.717) is 18.0 Å². The van der Waals surface area contributed by atoms with Gasteiger partial charge in [-0.3, -0.25) is 14.5 Å². The maximum atomic E-state index is 12.5. The van der Waals surface area contributed by atoms with Gasteiger partial charge in [-0.1, -0.05) is 13.0 Å². The number of carbonyl (C=O) groups excluding carboxylic acids is 3. The molecule has 1 aromatic rings. The van der Waals surface area contributed by atoms with E-state index in [1.807, 2.05) is 19.9 Å². The molecule has 0 saturated carbocycles. The molecule has 0 unspecified atom stereocenters. The van der Waals surface area contributed by atoms with E-state index in [0.717, 1.165) is 16.9 Å². The first-order valence-corrected chi connectivity index (χ1v) is 8.75. The van der Waals surface area contributed by atoms with Crippen LogP contribution in [0.1, 0.15) is 32.3 Å². The number of benzene rings is 1. The summed E-state index contributed by atoms with van der Waals surface area (Å²) in [6.45, 7) is 4.53. The van der Waals surface area contributed by atoms with Crippen molar-refractivity contribution in [1.82, 2.24) is 15.1 Å². The first kappa shape index (κ1) is 18.0. The van der Waals surface area contributed by atoms with E-state index in [1.165, 1.54) is 0 Å². The molecule has 0 bridgehead atoms. The van der Waals surface area contributed by atoms with E-state index in [4.69, 9.17) is 9.47 Å². The van der Waals surface area contributed by atoms with Crippen LogP contribution in [0.5, 0.6) is 11.5 Å². The number of imide groups is 1. The second kappa shape index (κ2) is 7.63. The van der Waals surface area contributed by atoms with Gasteiger partial charge in [-0.15, -0.1) is 0 Å². The second-order valence-electron chi connectivity index (χ2n) is 6.43. The Morgan fingerprint density at radius 1 is 1.27 bits per heavy atom. The third kappa shape index (κ3) is 3.74. The highest BCUT2D eigenvalue weighted by atomic mass is 16.7. The number of fused-ring (bicyclic) bond motifs is 1. The summed E-state index contributed by atoms with van der Waals surface area (Å²) in [6.07, 6.45) is 1.04. The lowest BCUT2D eigenvalue weighted by atomic mass is 10.1. The van der Waals surface area contributed by atoms with Crippen molar-refractivity contribution in [2.75, 3.05) is 19.9 Å². The molecule has 2 heterocycles. The van der Waals surface area contributed by atoms with Gasteiger partial charge in [-0.05, 0) is 31.0 Å². The van der Waals surface area contributed by atoms with E-state index in [2.05, 4.69) is 5.32 Å². The zero-order chi connectivity index (χ0) is 18.7. The van der Waals surface area contributed by atoms with Gasteiger partial charge in [0.25, 0.3) is 0 Å². The maximum absolute atomic E-state index is 12.5. The van der Waals surface area contributed by atoms with Gasteiger partial charge < -0.3 is 19.7 Å². The number of nitrogens with one attached hydrogen (secondary N) is 1. The zero-order valence-corrected chi connectivity index (χ0v) is 15.0. The highest BCUT2D eigenvalue weighted by Gasteiger charge is 2.34. The van der Waals surface area contributed by atoms with Gasteiger partial charge in [0.05, 0.1) is 0 Å². The highest BCUT2D eigenvalue weighted by molar-refractivity contribution is 6.00. The Labute approximate surface area is 152 Å². The van der Waals surface area contributed by atoms with Gasteiger partial charge >= 0.3 is 6.03 Å². The van der Waals surface area contributed by atoms with Gasteiger partial charge in [-0.25, -0.2) is 4.79 Å². The van der Waals surface area contributed by atoms with Crippen molar-refractivity contribution in [3.05, 3.63) is 23.8 Å². The Hall–Kier alpha value is -2.77. The number of nitrogens with zero attached hydrogens (tertiary/aromatic N) is 2. The maximum Gasteiger partial charge on any atom is 0.327 e. The lowest BCUT2D eigenvalue weighted by Crippen LogP contribution is -2.57. The van der Waals surface area contributed by atoms with Gasteiger partial charge in [0.2, 0.25) is 18.6 Å². The number of carbonyl (C=O) groups is 3. The van der Waals surface area contributed by atoms with Crippen LogP contribution >= 0.6 is 0 Å². The minimum absolute atomic E-state index is 0.0368. The molecular formula is C18H23N3O5. The fraction of sp³-hybridized carbons (Fsp3) is 0.500. The molecule has 26 heavy (non-hydrogen) atoms. The molecule has 4 amide bonds. The van der Waals surface area contributed by atoms with Crippen molar-refractivity contribution in [2.45, 2.75) is 39.3 Å². The smallest absolute Gasteiger partial charge is 0.327 e. The van der Waals surface area contributed by atoms with Crippen LogP contribution in [-0.4, -0.2) is 53.6 Å². The Bertz CT molecular complexity index is 721. The number of ether oxygens (including phenoxy) is 2. The molecule has 140 valence electrons. The predicted octanol–water partition coefficient (Wildman–Crippen LogP) is 1.48. The summed E-state index contributed by atoms with van der Waals surface area (Å²) >= 11 is 0. The molecule has 0 aromatic heterocycles. The third-order valence-electron chi connectivity index (χ3n) is 4.70. The first-order chi connectivity index (χ1) is 12.5. The van der Waals surface area contributed by atoms with Gasteiger partial charge in [0, 0.05) is 25.6 Å². The van der Waals surface area contributed by atoms with Gasteiger partial charge in [0.1, 0.15) is 6.54 Å². The minimum Gasteiger partial charge on any atom is -0.454 e. The molecule has 2 aliphatic heterocycles. The molecule has 3 rings (SSSR count). The van der Waals surface area contributed by atoms with Crippen LogP contribution < -0.4 is 14.8 Å². The summed E-state index contributed by atoms with van der Waals surface area (Å²) in [5.74, 6) is 0.625. The fourth-order valence-electron chi connectivity index (χ4n) is 2.94. The lowest BCUT2D eigenvalue weighted by molar-refractivity contribution is -0.135. The largest absolute Gasteiger partial charge is 0.454 e. The molecule has 8 heteroatoms. The van der Waals surface area contributed by atoms with Crippen molar-refractivity contribution in [3.8, 4) is 11.5 Å². The SMILES string of the molecule is CC[C@H](C)N1CCC(=O)N(CC(=O)NCc2ccc3c(c2)OCO3)C1=O. The molecular weight excluding hydrogens is 338 g/mol. The molecule has 0 spiro atoms. The van der Waals surface area contributed by atoms with Crippen LogP contribution in [0.2, 0.25) is 0 Å². The van der Waals surface area contributed by atoms with Crippen molar-refractivity contribution in [1.29, 1.82) is 0 Å². The Balaban J connectivity index is 1.56. The normalized spacial score (nSPS) is 17.5. The van der Waals surface area contributed by atoms with Gasteiger partial charge in [0.15, 0.2) is 11.5 Å². The molecule has 1 N–H and O–H groups in total. The van der Waals surface area contributed by atoms with Crippen molar-refractivity contribution >= 4 is 17.8 Å². The van der Waals surface area contributed by atoms with Crippen LogP contribution in [0.25, 0.3) is 0 Å². The number of amides is 4. The van der Waals surface area contributed by atoms with Crippen LogP contribution in [0.15, 0.2) is 18.2 Å². The molecule has 8 nitrogen and oxygen atoms in total. The van der Waals surface area contributed by atoms with E-state index < -0.39 is 6.03 Å².